The number of nitrogens with zero attached hydrogens (tertiary/aromatic N) is 1. The lowest BCUT2D eigenvalue weighted by Gasteiger charge is -2.05. The van der Waals surface area contributed by atoms with Gasteiger partial charge in [-0.05, 0) is 66.9 Å². The fourth-order valence-corrected chi connectivity index (χ4v) is 2.90. The van der Waals surface area contributed by atoms with Gasteiger partial charge in [0.15, 0.2) is 0 Å². The Bertz CT molecular complexity index is 955. The Morgan fingerprint density at radius 3 is 2.62 bits per heavy atom. The highest BCUT2D eigenvalue weighted by atomic mass is 79.9. The average Bonchev–Trinajstić information content (AvgIpc) is 2.59. The zero-order valence-electron chi connectivity index (χ0n) is 12.3. The van der Waals surface area contributed by atoms with Crippen molar-refractivity contribution in [2.24, 2.45) is 5.10 Å². The van der Waals surface area contributed by atoms with E-state index in [9.17, 15) is 9.90 Å². The highest BCUT2D eigenvalue weighted by Gasteiger charge is 2.07. The Labute approximate surface area is 155 Å². The van der Waals surface area contributed by atoms with Gasteiger partial charge in [-0.2, -0.15) is 5.10 Å². The van der Waals surface area contributed by atoms with Crippen LogP contribution in [0.2, 0.25) is 0 Å². The molecule has 0 fully saturated rings. The molecule has 3 aromatic rings. The number of phenolic OH excluding ortho intramolecular Hbond substituents is 1. The van der Waals surface area contributed by atoms with Crippen LogP contribution >= 0.6 is 31.9 Å². The minimum atomic E-state index is -0.334. The lowest BCUT2D eigenvalue weighted by molar-refractivity contribution is 0.0955. The second-order valence-electron chi connectivity index (χ2n) is 5.05. The molecule has 0 aliphatic carbocycles. The number of nitrogens with one attached hydrogen (secondary N) is 1. The standard InChI is InChI=1S/C18H12Br2N2O2/c19-15-7-5-12(9-16(15)20)18(24)22-21-10-14-13-4-2-1-3-11(13)6-8-17(14)23/h1-10,23H,(H,22,24)/b21-10+. The number of rotatable bonds is 3. The molecule has 0 saturated heterocycles. The van der Waals surface area contributed by atoms with Crippen molar-refractivity contribution in [3.8, 4) is 5.75 Å². The van der Waals surface area contributed by atoms with Crippen molar-refractivity contribution in [1.82, 2.24) is 5.43 Å². The van der Waals surface area contributed by atoms with Gasteiger partial charge in [-0.15, -0.1) is 0 Å². The number of halogens is 2. The van der Waals surface area contributed by atoms with Crippen molar-refractivity contribution in [1.29, 1.82) is 0 Å². The molecular weight excluding hydrogens is 436 g/mol. The maximum Gasteiger partial charge on any atom is 0.271 e. The predicted molar refractivity (Wildman–Crippen MR) is 103 cm³/mol. The number of amides is 1. The van der Waals surface area contributed by atoms with E-state index in [1.54, 1.807) is 24.3 Å². The number of fused-ring (bicyclic) bond motifs is 1. The van der Waals surface area contributed by atoms with Crippen molar-refractivity contribution in [2.45, 2.75) is 0 Å². The molecule has 0 heterocycles. The first-order valence-corrected chi connectivity index (χ1v) is 8.64. The van der Waals surface area contributed by atoms with E-state index in [1.807, 2.05) is 30.3 Å². The molecule has 3 aromatic carbocycles. The van der Waals surface area contributed by atoms with Gasteiger partial charge in [0.05, 0.1) is 6.21 Å². The van der Waals surface area contributed by atoms with Crippen LogP contribution in [0.15, 0.2) is 68.6 Å². The summed E-state index contributed by atoms with van der Waals surface area (Å²) in [6.45, 7) is 0. The van der Waals surface area contributed by atoms with E-state index in [1.165, 1.54) is 6.21 Å². The summed E-state index contributed by atoms with van der Waals surface area (Å²) in [6.07, 6.45) is 1.45. The monoisotopic (exact) mass is 446 g/mol. The smallest absolute Gasteiger partial charge is 0.271 e. The SMILES string of the molecule is O=C(N/N=C/c1c(O)ccc2ccccc12)c1ccc(Br)c(Br)c1. The third-order valence-corrected chi connectivity index (χ3v) is 5.37. The summed E-state index contributed by atoms with van der Waals surface area (Å²) in [4.78, 5) is 12.1. The quantitative estimate of drug-likeness (QED) is 0.446. The zero-order chi connectivity index (χ0) is 17.1. The van der Waals surface area contributed by atoms with Crippen LogP contribution in [0.25, 0.3) is 10.8 Å². The second kappa shape index (κ2) is 7.15. The largest absolute Gasteiger partial charge is 0.507 e. The molecule has 4 nitrogen and oxygen atoms in total. The van der Waals surface area contributed by atoms with Gasteiger partial charge in [-0.3, -0.25) is 4.79 Å². The summed E-state index contributed by atoms with van der Waals surface area (Å²) in [5.74, 6) is -0.225. The summed E-state index contributed by atoms with van der Waals surface area (Å²) in [6, 6.07) is 16.3. The number of aromatic hydroxyl groups is 1. The summed E-state index contributed by atoms with van der Waals surface area (Å²) < 4.78 is 1.65. The molecule has 0 aliphatic rings. The van der Waals surface area contributed by atoms with Crippen LogP contribution in [-0.2, 0) is 0 Å². The van der Waals surface area contributed by atoms with Gasteiger partial charge in [-0.25, -0.2) is 5.43 Å². The minimum Gasteiger partial charge on any atom is -0.507 e. The molecule has 6 heteroatoms. The molecule has 2 N–H and O–H groups in total. The number of carbonyl (C=O) groups excluding carboxylic acids is 1. The molecule has 0 radical (unpaired) electrons. The average molecular weight is 448 g/mol. The number of hydrogen-bond donors (Lipinski definition) is 2. The molecule has 0 saturated carbocycles. The summed E-state index contributed by atoms with van der Waals surface area (Å²) in [5.41, 5.74) is 3.51. The molecule has 120 valence electrons. The summed E-state index contributed by atoms with van der Waals surface area (Å²) >= 11 is 6.71. The topological polar surface area (TPSA) is 61.7 Å². The van der Waals surface area contributed by atoms with Crippen molar-refractivity contribution in [3.05, 3.63) is 74.7 Å². The molecule has 0 bridgehead atoms. The van der Waals surface area contributed by atoms with Crippen molar-refractivity contribution in [2.75, 3.05) is 0 Å². The first kappa shape index (κ1) is 16.7. The van der Waals surface area contributed by atoms with Gasteiger partial charge >= 0.3 is 0 Å². The predicted octanol–water partition coefficient (Wildman–Crippen LogP) is 4.83. The van der Waals surface area contributed by atoms with Gasteiger partial charge in [0, 0.05) is 20.1 Å². The number of carbonyl (C=O) groups is 1. The van der Waals surface area contributed by atoms with Crippen molar-refractivity contribution >= 4 is 54.8 Å². The van der Waals surface area contributed by atoms with Crippen LogP contribution in [0.4, 0.5) is 0 Å². The van der Waals surface area contributed by atoms with Crippen LogP contribution in [0.5, 0.6) is 5.75 Å². The first-order chi connectivity index (χ1) is 11.6. The Morgan fingerprint density at radius 2 is 1.83 bits per heavy atom. The third kappa shape index (κ3) is 3.49. The molecule has 3 rings (SSSR count). The number of benzene rings is 3. The van der Waals surface area contributed by atoms with Gasteiger partial charge in [0.2, 0.25) is 0 Å². The highest BCUT2D eigenvalue weighted by Crippen LogP contribution is 2.25. The van der Waals surface area contributed by atoms with Gasteiger partial charge < -0.3 is 5.11 Å². The Kier molecular flexibility index (Phi) is 4.97. The number of hydrazone groups is 1. The van der Waals surface area contributed by atoms with E-state index >= 15 is 0 Å². The molecule has 0 unspecified atom stereocenters. The lowest BCUT2D eigenvalue weighted by atomic mass is 10.0. The van der Waals surface area contributed by atoms with Crippen molar-refractivity contribution < 1.29 is 9.90 Å². The molecule has 1 amide bonds. The molecular formula is C18H12Br2N2O2. The normalized spacial score (nSPS) is 11.1. The Morgan fingerprint density at radius 1 is 1.04 bits per heavy atom. The third-order valence-electron chi connectivity index (χ3n) is 3.49. The van der Waals surface area contributed by atoms with Gasteiger partial charge in [0.25, 0.3) is 5.91 Å². The summed E-state index contributed by atoms with van der Waals surface area (Å²) in [5, 5.41) is 15.9. The highest BCUT2D eigenvalue weighted by molar-refractivity contribution is 9.13. The van der Waals surface area contributed by atoms with E-state index < -0.39 is 0 Å². The summed E-state index contributed by atoms with van der Waals surface area (Å²) in [7, 11) is 0. The Hall–Kier alpha value is -2.18. The number of hydrogen-bond acceptors (Lipinski definition) is 3. The van der Waals surface area contributed by atoms with E-state index in [-0.39, 0.29) is 11.7 Å². The van der Waals surface area contributed by atoms with E-state index in [0.29, 0.717) is 11.1 Å². The Balaban J connectivity index is 1.83. The zero-order valence-corrected chi connectivity index (χ0v) is 15.5. The van der Waals surface area contributed by atoms with E-state index in [0.717, 1.165) is 19.7 Å². The van der Waals surface area contributed by atoms with Crippen LogP contribution in [0.3, 0.4) is 0 Å². The molecule has 24 heavy (non-hydrogen) atoms. The van der Waals surface area contributed by atoms with Crippen LogP contribution in [0.1, 0.15) is 15.9 Å². The second-order valence-corrected chi connectivity index (χ2v) is 6.76. The van der Waals surface area contributed by atoms with Crippen LogP contribution < -0.4 is 5.43 Å². The minimum absolute atomic E-state index is 0.109. The van der Waals surface area contributed by atoms with Crippen LogP contribution in [-0.4, -0.2) is 17.2 Å². The van der Waals surface area contributed by atoms with Crippen LogP contribution in [0, 0.1) is 0 Å². The molecule has 0 spiro atoms. The maximum absolute atomic E-state index is 12.1. The molecule has 0 aliphatic heterocycles. The van der Waals surface area contributed by atoms with Gasteiger partial charge in [0.1, 0.15) is 5.75 Å². The van der Waals surface area contributed by atoms with E-state index in [2.05, 4.69) is 42.4 Å². The molecule has 0 aromatic heterocycles. The van der Waals surface area contributed by atoms with E-state index in [4.69, 9.17) is 0 Å². The maximum atomic E-state index is 12.1. The van der Waals surface area contributed by atoms with Gasteiger partial charge in [-0.1, -0.05) is 30.3 Å². The first-order valence-electron chi connectivity index (χ1n) is 7.05. The molecule has 0 atom stereocenters. The number of phenols is 1. The van der Waals surface area contributed by atoms with Crippen molar-refractivity contribution in [3.63, 3.8) is 0 Å². The fourth-order valence-electron chi connectivity index (χ4n) is 2.28. The lowest BCUT2D eigenvalue weighted by Crippen LogP contribution is -2.17. The fraction of sp³-hybridized carbons (Fsp3) is 0.